The third-order valence-electron chi connectivity index (χ3n) is 6.36. The van der Waals surface area contributed by atoms with E-state index in [1.165, 1.54) is 0 Å². The first-order valence-corrected chi connectivity index (χ1v) is 12.2. The normalized spacial score (nSPS) is 20.9. The number of amides is 4. The first-order chi connectivity index (χ1) is 17.2. The van der Waals surface area contributed by atoms with Crippen LogP contribution < -0.4 is 15.4 Å². The molecule has 1 aliphatic heterocycles. The van der Waals surface area contributed by atoms with Gasteiger partial charge in [0.1, 0.15) is 12.4 Å². The number of rotatable bonds is 4. The Bertz CT molecular complexity index is 1060. The number of methoxy groups -OCH3 is 1. The van der Waals surface area contributed by atoms with Gasteiger partial charge in [-0.2, -0.15) is 0 Å². The Morgan fingerprint density at radius 1 is 1.06 bits per heavy atom. The van der Waals surface area contributed by atoms with E-state index in [-0.39, 0.29) is 36.5 Å². The molecule has 9 heteroatoms. The quantitative estimate of drug-likeness (QED) is 0.665. The molecule has 0 bridgehead atoms. The molecule has 194 valence electrons. The molecule has 3 atom stereocenters. The van der Waals surface area contributed by atoms with E-state index >= 15 is 0 Å². The van der Waals surface area contributed by atoms with Crippen molar-refractivity contribution in [2.24, 2.45) is 5.92 Å². The number of hydrogen-bond acceptors (Lipinski definition) is 5. The van der Waals surface area contributed by atoms with Crippen LogP contribution in [0.15, 0.2) is 48.5 Å². The van der Waals surface area contributed by atoms with Crippen LogP contribution in [0.3, 0.4) is 0 Å². The monoisotopic (exact) mass is 496 g/mol. The zero-order valence-electron chi connectivity index (χ0n) is 21.6. The van der Waals surface area contributed by atoms with Crippen LogP contribution in [0.1, 0.15) is 37.6 Å². The van der Waals surface area contributed by atoms with Crippen LogP contribution >= 0.6 is 0 Å². The molecular weight excluding hydrogens is 460 g/mol. The van der Waals surface area contributed by atoms with Gasteiger partial charge in [0, 0.05) is 51.0 Å². The molecule has 0 aliphatic carbocycles. The van der Waals surface area contributed by atoms with Gasteiger partial charge in [0.25, 0.3) is 5.91 Å². The van der Waals surface area contributed by atoms with Gasteiger partial charge in [-0.25, -0.2) is 4.79 Å². The summed E-state index contributed by atoms with van der Waals surface area (Å²) in [6.45, 7) is 6.86. The fraction of sp³-hybridized carbons (Fsp3) is 0.444. The highest BCUT2D eigenvalue weighted by Gasteiger charge is 2.30. The molecule has 2 N–H and O–H groups in total. The van der Waals surface area contributed by atoms with Gasteiger partial charge in [-0.3, -0.25) is 9.59 Å². The molecule has 3 rings (SSSR count). The molecule has 0 unspecified atom stereocenters. The summed E-state index contributed by atoms with van der Waals surface area (Å²) in [7, 11) is 3.32. The van der Waals surface area contributed by atoms with Crippen molar-refractivity contribution in [1.29, 1.82) is 0 Å². The average molecular weight is 497 g/mol. The second-order valence-corrected chi connectivity index (χ2v) is 9.15. The van der Waals surface area contributed by atoms with Crippen LogP contribution in [0.2, 0.25) is 0 Å². The highest BCUT2D eigenvalue weighted by molar-refractivity contribution is 6.02. The summed E-state index contributed by atoms with van der Waals surface area (Å²) in [6, 6.07) is 13.4. The van der Waals surface area contributed by atoms with Crippen molar-refractivity contribution in [2.45, 2.75) is 39.3 Å². The van der Waals surface area contributed by atoms with Crippen LogP contribution in [0.5, 0.6) is 5.75 Å². The number of fused-ring (bicyclic) bond motifs is 1. The number of ether oxygens (including phenoxy) is 2. The standard InChI is InChI=1S/C27H36N4O5/c1-6-25(32)31-15-18(2)24(35-5)16-30(4)26(33)22-14-21(12-13-23(22)36-17-19(31)3)29-27(34)28-20-10-8-7-9-11-20/h7-14,18-19,24H,6,15-17H2,1-5H3,(H2,28,29,34)/t18-,19-,24+/m1/s1. The fourth-order valence-corrected chi connectivity index (χ4v) is 4.22. The van der Waals surface area contributed by atoms with Crippen LogP contribution in [0, 0.1) is 5.92 Å². The molecular formula is C27H36N4O5. The molecule has 4 amide bonds. The van der Waals surface area contributed by atoms with Crippen molar-refractivity contribution >= 4 is 29.2 Å². The van der Waals surface area contributed by atoms with E-state index in [9.17, 15) is 14.4 Å². The van der Waals surface area contributed by atoms with Crippen LogP contribution in [-0.2, 0) is 9.53 Å². The summed E-state index contributed by atoms with van der Waals surface area (Å²) in [5.41, 5.74) is 1.42. The number of carbonyl (C=O) groups is 3. The minimum Gasteiger partial charge on any atom is -0.491 e. The lowest BCUT2D eigenvalue weighted by molar-refractivity contribution is -0.135. The van der Waals surface area contributed by atoms with E-state index in [4.69, 9.17) is 9.47 Å². The molecule has 1 aliphatic rings. The maximum Gasteiger partial charge on any atom is 0.323 e. The summed E-state index contributed by atoms with van der Waals surface area (Å²) in [5, 5.41) is 5.53. The van der Waals surface area contributed by atoms with Crippen LogP contribution in [0.25, 0.3) is 0 Å². The van der Waals surface area contributed by atoms with Crippen LogP contribution in [-0.4, -0.2) is 73.6 Å². The Kier molecular flexibility index (Phi) is 9.30. The maximum atomic E-state index is 13.4. The van der Waals surface area contributed by atoms with E-state index in [1.807, 2.05) is 43.9 Å². The van der Waals surface area contributed by atoms with Gasteiger partial charge in [-0.1, -0.05) is 32.0 Å². The van der Waals surface area contributed by atoms with E-state index in [0.717, 1.165) is 0 Å². The second kappa shape index (κ2) is 12.4. The Morgan fingerprint density at radius 2 is 1.75 bits per heavy atom. The number of anilines is 2. The minimum absolute atomic E-state index is 0.00298. The SMILES string of the molecule is CCC(=O)N1C[C@@H](C)[C@@H](OC)CN(C)C(=O)c2cc(NC(=O)Nc3ccccc3)ccc2OC[C@H]1C. The number of urea groups is 1. The van der Waals surface area contributed by atoms with Crippen molar-refractivity contribution in [3.63, 3.8) is 0 Å². The molecule has 0 saturated carbocycles. The Labute approximate surface area is 212 Å². The zero-order chi connectivity index (χ0) is 26.2. The molecule has 36 heavy (non-hydrogen) atoms. The molecule has 0 radical (unpaired) electrons. The Balaban J connectivity index is 1.89. The zero-order valence-corrected chi connectivity index (χ0v) is 21.6. The topological polar surface area (TPSA) is 100 Å². The summed E-state index contributed by atoms with van der Waals surface area (Å²) < 4.78 is 11.8. The maximum absolute atomic E-state index is 13.4. The van der Waals surface area contributed by atoms with Gasteiger partial charge in [-0.05, 0) is 37.3 Å². The third kappa shape index (κ3) is 6.75. The molecule has 0 fully saturated rings. The number of likely N-dealkylation sites (N-methyl/N-ethyl adjacent to an activating group) is 1. The smallest absolute Gasteiger partial charge is 0.323 e. The molecule has 0 spiro atoms. The molecule has 9 nitrogen and oxygen atoms in total. The van der Waals surface area contributed by atoms with Gasteiger partial charge >= 0.3 is 6.03 Å². The van der Waals surface area contributed by atoms with Crippen molar-refractivity contribution in [3.05, 3.63) is 54.1 Å². The van der Waals surface area contributed by atoms with Crippen LogP contribution in [0.4, 0.5) is 16.2 Å². The van der Waals surface area contributed by atoms with Gasteiger partial charge in [0.05, 0.1) is 17.7 Å². The Morgan fingerprint density at radius 3 is 2.42 bits per heavy atom. The van der Waals surface area contributed by atoms with Crippen molar-refractivity contribution in [2.75, 3.05) is 44.5 Å². The number of benzene rings is 2. The summed E-state index contributed by atoms with van der Waals surface area (Å²) >= 11 is 0. The lowest BCUT2D eigenvalue weighted by atomic mass is 10.0. The third-order valence-corrected chi connectivity index (χ3v) is 6.36. The van der Waals surface area contributed by atoms with E-state index in [1.54, 1.807) is 49.4 Å². The van der Waals surface area contributed by atoms with Crippen molar-refractivity contribution in [1.82, 2.24) is 9.80 Å². The summed E-state index contributed by atoms with van der Waals surface area (Å²) in [6.07, 6.45) is 0.129. The van der Waals surface area contributed by atoms with Crippen molar-refractivity contribution in [3.8, 4) is 5.75 Å². The first-order valence-electron chi connectivity index (χ1n) is 12.2. The number of carbonyl (C=O) groups excluding carboxylic acids is 3. The largest absolute Gasteiger partial charge is 0.491 e. The summed E-state index contributed by atoms with van der Waals surface area (Å²) in [4.78, 5) is 42.0. The van der Waals surface area contributed by atoms with Gasteiger partial charge in [0.2, 0.25) is 5.91 Å². The summed E-state index contributed by atoms with van der Waals surface area (Å²) in [5.74, 6) is 0.176. The first kappa shape index (κ1) is 27.0. The number of para-hydroxylation sites is 1. The predicted octanol–water partition coefficient (Wildman–Crippen LogP) is 4.07. The molecule has 0 aromatic heterocycles. The molecule has 2 aromatic carbocycles. The predicted molar refractivity (Wildman–Crippen MR) is 139 cm³/mol. The number of nitrogens with one attached hydrogen (secondary N) is 2. The van der Waals surface area contributed by atoms with E-state index < -0.39 is 6.03 Å². The highest BCUT2D eigenvalue weighted by Crippen LogP contribution is 2.26. The number of nitrogens with zero attached hydrogens (tertiary/aromatic N) is 2. The van der Waals surface area contributed by atoms with Gasteiger partial charge < -0.3 is 29.9 Å². The van der Waals surface area contributed by atoms with E-state index in [2.05, 4.69) is 10.6 Å². The highest BCUT2D eigenvalue weighted by atomic mass is 16.5. The lowest BCUT2D eigenvalue weighted by Gasteiger charge is -2.36. The van der Waals surface area contributed by atoms with Gasteiger partial charge in [-0.15, -0.1) is 0 Å². The molecule has 2 aromatic rings. The molecule has 1 heterocycles. The van der Waals surface area contributed by atoms with Gasteiger partial charge in [0.15, 0.2) is 0 Å². The average Bonchev–Trinajstić information content (AvgIpc) is 2.88. The van der Waals surface area contributed by atoms with E-state index in [0.29, 0.717) is 42.2 Å². The minimum atomic E-state index is -0.424. The molecule has 0 saturated heterocycles. The van der Waals surface area contributed by atoms with Crippen molar-refractivity contribution < 1.29 is 23.9 Å². The second-order valence-electron chi connectivity index (χ2n) is 9.15. The Hall–Kier alpha value is -3.59. The fourth-order valence-electron chi connectivity index (χ4n) is 4.22. The number of hydrogen-bond donors (Lipinski definition) is 2. The lowest BCUT2D eigenvalue weighted by Crippen LogP contribution is -2.48.